The van der Waals surface area contributed by atoms with Crippen molar-refractivity contribution in [2.75, 3.05) is 5.32 Å². The molecule has 0 fully saturated rings. The van der Waals surface area contributed by atoms with Gasteiger partial charge in [-0.25, -0.2) is 4.39 Å². The monoisotopic (exact) mass is 433 g/mol. The maximum atomic E-state index is 13.0. The molecule has 0 saturated heterocycles. The molecule has 0 aliphatic heterocycles. The van der Waals surface area contributed by atoms with Gasteiger partial charge >= 0.3 is 0 Å². The lowest BCUT2D eigenvalue weighted by Gasteiger charge is -2.27. The van der Waals surface area contributed by atoms with Gasteiger partial charge in [0.2, 0.25) is 3.79 Å². The summed E-state index contributed by atoms with van der Waals surface area (Å²) in [6, 6.07) is 12.5. The lowest BCUT2D eigenvalue weighted by molar-refractivity contribution is 0.0934. The summed E-state index contributed by atoms with van der Waals surface area (Å²) < 4.78 is 11.1. The van der Waals surface area contributed by atoms with E-state index >= 15 is 0 Å². The van der Waals surface area contributed by atoms with E-state index in [1.807, 2.05) is 31.2 Å². The Morgan fingerprint density at radius 1 is 1.12 bits per heavy atom. The van der Waals surface area contributed by atoms with Crippen LogP contribution in [-0.4, -0.2) is 21.0 Å². The van der Waals surface area contributed by atoms with Gasteiger partial charge in [-0.2, -0.15) is 0 Å². The maximum absolute atomic E-state index is 13.0. The van der Waals surface area contributed by atoms with Gasteiger partial charge < -0.3 is 16.0 Å². The number of thiocarbonyl (C=S) groups is 1. The van der Waals surface area contributed by atoms with Gasteiger partial charge in [0.15, 0.2) is 5.11 Å². The third kappa shape index (κ3) is 6.29. The second-order valence-corrected chi connectivity index (χ2v) is 8.20. The second kappa shape index (κ2) is 8.86. The molecule has 4 nitrogen and oxygen atoms in total. The Labute approximate surface area is 171 Å². The largest absolute Gasteiger partial charge is 0.339 e. The highest BCUT2D eigenvalue weighted by molar-refractivity contribution is 7.80. The van der Waals surface area contributed by atoms with E-state index in [9.17, 15) is 9.18 Å². The van der Waals surface area contributed by atoms with E-state index in [-0.39, 0.29) is 10.7 Å². The summed E-state index contributed by atoms with van der Waals surface area (Å²) in [5.74, 6) is -1.01. The summed E-state index contributed by atoms with van der Waals surface area (Å²) in [5.41, 5.74) is 2.00. The summed E-state index contributed by atoms with van der Waals surface area (Å²) in [6.07, 6.45) is -1.12. The van der Waals surface area contributed by atoms with Crippen LogP contribution in [0.15, 0.2) is 48.5 Å². The Bertz CT molecular complexity index is 797. The standard InChI is InChI=1S/C17H15Cl3FN3OS/c1-10-3-2-4-13(9-10)22-16(26)24-15(17(18,19)20)23-14(25)11-5-7-12(21)8-6-11/h2-9,15H,1H3,(H,23,25)(H2,22,24,26). The van der Waals surface area contributed by atoms with Crippen molar-refractivity contribution in [2.24, 2.45) is 0 Å². The first-order valence-corrected chi connectivity index (χ1v) is 8.97. The second-order valence-electron chi connectivity index (χ2n) is 5.42. The van der Waals surface area contributed by atoms with Crippen molar-refractivity contribution in [3.63, 3.8) is 0 Å². The van der Waals surface area contributed by atoms with Crippen molar-refractivity contribution in [1.82, 2.24) is 10.6 Å². The first kappa shape index (κ1) is 20.7. The minimum Gasteiger partial charge on any atom is -0.339 e. The first-order valence-electron chi connectivity index (χ1n) is 7.42. The predicted octanol–water partition coefficient (Wildman–Crippen LogP) is 4.55. The van der Waals surface area contributed by atoms with Crippen molar-refractivity contribution in [3.05, 3.63) is 65.5 Å². The highest BCUT2D eigenvalue weighted by Gasteiger charge is 2.34. The zero-order valence-corrected chi connectivity index (χ0v) is 16.6. The summed E-state index contributed by atoms with van der Waals surface area (Å²) >= 11 is 23.0. The van der Waals surface area contributed by atoms with Gasteiger partial charge in [0.05, 0.1) is 0 Å². The predicted molar refractivity (Wildman–Crippen MR) is 108 cm³/mol. The van der Waals surface area contributed by atoms with E-state index in [0.29, 0.717) is 0 Å². The highest BCUT2D eigenvalue weighted by atomic mass is 35.6. The number of carbonyl (C=O) groups excluding carboxylic acids is 1. The van der Waals surface area contributed by atoms with Crippen LogP contribution >= 0.6 is 47.0 Å². The molecule has 0 aliphatic carbocycles. The number of rotatable bonds is 4. The lowest BCUT2D eigenvalue weighted by atomic mass is 10.2. The van der Waals surface area contributed by atoms with E-state index in [0.717, 1.165) is 23.4 Å². The summed E-state index contributed by atoms with van der Waals surface area (Å²) in [6.45, 7) is 1.94. The van der Waals surface area contributed by atoms with Crippen molar-refractivity contribution >= 4 is 63.7 Å². The van der Waals surface area contributed by atoms with Crippen molar-refractivity contribution in [3.8, 4) is 0 Å². The fraction of sp³-hybridized carbons (Fsp3) is 0.176. The van der Waals surface area contributed by atoms with Crippen LogP contribution in [0.25, 0.3) is 0 Å². The minimum absolute atomic E-state index is 0.159. The van der Waals surface area contributed by atoms with Crippen LogP contribution in [0.1, 0.15) is 15.9 Å². The molecular weight excluding hydrogens is 420 g/mol. The van der Waals surface area contributed by atoms with Gasteiger partial charge in [0, 0.05) is 11.3 Å². The van der Waals surface area contributed by atoms with E-state index in [4.69, 9.17) is 47.0 Å². The molecule has 2 rings (SSSR count). The fourth-order valence-electron chi connectivity index (χ4n) is 2.04. The first-order chi connectivity index (χ1) is 12.1. The zero-order valence-electron chi connectivity index (χ0n) is 13.5. The molecule has 2 aromatic rings. The van der Waals surface area contributed by atoms with Crippen LogP contribution in [-0.2, 0) is 0 Å². The molecule has 0 aromatic heterocycles. The van der Waals surface area contributed by atoms with Gasteiger partial charge in [-0.05, 0) is 61.1 Å². The SMILES string of the molecule is Cc1cccc(NC(=S)NC(NC(=O)c2ccc(F)cc2)C(Cl)(Cl)Cl)c1. The molecule has 0 saturated carbocycles. The van der Waals surface area contributed by atoms with Crippen molar-refractivity contribution in [2.45, 2.75) is 16.9 Å². The van der Waals surface area contributed by atoms with Crippen LogP contribution in [0, 0.1) is 12.7 Å². The number of alkyl halides is 3. The van der Waals surface area contributed by atoms with Gasteiger partial charge in [0.1, 0.15) is 12.0 Å². The molecule has 1 unspecified atom stereocenters. The molecule has 138 valence electrons. The van der Waals surface area contributed by atoms with Gasteiger partial charge in [-0.1, -0.05) is 46.9 Å². The Morgan fingerprint density at radius 2 is 1.77 bits per heavy atom. The van der Waals surface area contributed by atoms with E-state index in [1.54, 1.807) is 0 Å². The van der Waals surface area contributed by atoms with Crippen molar-refractivity contribution in [1.29, 1.82) is 0 Å². The number of benzene rings is 2. The number of hydrogen-bond acceptors (Lipinski definition) is 2. The third-order valence-corrected chi connectivity index (χ3v) is 4.14. The number of nitrogens with one attached hydrogen (secondary N) is 3. The molecule has 9 heteroatoms. The molecule has 2 aromatic carbocycles. The van der Waals surface area contributed by atoms with Crippen LogP contribution < -0.4 is 16.0 Å². The normalized spacial score (nSPS) is 12.2. The molecule has 0 spiro atoms. The Hall–Kier alpha value is -1.60. The van der Waals surface area contributed by atoms with E-state index in [1.165, 1.54) is 12.1 Å². The molecule has 3 N–H and O–H groups in total. The highest BCUT2D eigenvalue weighted by Crippen LogP contribution is 2.29. The maximum Gasteiger partial charge on any atom is 0.252 e. The third-order valence-electron chi connectivity index (χ3n) is 3.26. The van der Waals surface area contributed by atoms with Gasteiger partial charge in [-0.3, -0.25) is 4.79 Å². The van der Waals surface area contributed by atoms with E-state index in [2.05, 4.69) is 16.0 Å². The molecule has 0 heterocycles. The molecule has 0 aliphatic rings. The number of halogens is 4. The Kier molecular flexibility index (Phi) is 7.06. The molecule has 26 heavy (non-hydrogen) atoms. The molecule has 1 amide bonds. The number of amides is 1. The molecule has 1 atom stereocenters. The topological polar surface area (TPSA) is 53.2 Å². The number of anilines is 1. The van der Waals surface area contributed by atoms with E-state index < -0.39 is 21.7 Å². The zero-order chi connectivity index (χ0) is 19.3. The molecular formula is C17H15Cl3FN3OS. The lowest BCUT2D eigenvalue weighted by Crippen LogP contribution is -2.56. The average molecular weight is 435 g/mol. The Morgan fingerprint density at radius 3 is 2.35 bits per heavy atom. The number of hydrogen-bond donors (Lipinski definition) is 3. The molecule has 0 bridgehead atoms. The molecule has 0 radical (unpaired) electrons. The van der Waals surface area contributed by atoms with Gasteiger partial charge in [0.25, 0.3) is 5.91 Å². The van der Waals surface area contributed by atoms with Crippen LogP contribution in [0.5, 0.6) is 0 Å². The fourth-order valence-corrected chi connectivity index (χ4v) is 2.60. The minimum atomic E-state index is -1.88. The average Bonchev–Trinajstić information content (AvgIpc) is 2.53. The quantitative estimate of drug-likeness (QED) is 0.375. The Balaban J connectivity index is 2.06. The summed E-state index contributed by atoms with van der Waals surface area (Å²) in [4.78, 5) is 12.3. The van der Waals surface area contributed by atoms with Crippen LogP contribution in [0.4, 0.5) is 10.1 Å². The van der Waals surface area contributed by atoms with Gasteiger partial charge in [-0.15, -0.1) is 0 Å². The summed E-state index contributed by atoms with van der Waals surface area (Å²) in [7, 11) is 0. The summed E-state index contributed by atoms with van der Waals surface area (Å²) in [5, 5.41) is 8.39. The van der Waals surface area contributed by atoms with Crippen LogP contribution in [0.2, 0.25) is 0 Å². The smallest absolute Gasteiger partial charge is 0.252 e. The van der Waals surface area contributed by atoms with Crippen LogP contribution in [0.3, 0.4) is 0 Å². The number of aryl methyl sites for hydroxylation is 1. The number of carbonyl (C=O) groups is 1. The van der Waals surface area contributed by atoms with Crippen molar-refractivity contribution < 1.29 is 9.18 Å².